The molecule has 0 heterocycles. The van der Waals surface area contributed by atoms with Gasteiger partial charge < -0.3 is 4.74 Å². The van der Waals surface area contributed by atoms with Gasteiger partial charge in [0.2, 0.25) is 0 Å². The molecule has 0 aliphatic carbocycles. The Labute approximate surface area is 112 Å². The maximum atomic E-state index is 5.66. The van der Waals surface area contributed by atoms with E-state index in [2.05, 4.69) is 34.7 Å². The summed E-state index contributed by atoms with van der Waals surface area (Å²) in [6, 6.07) is 7.81. The number of rotatable bonds is 6. The molecule has 0 aliphatic rings. The zero-order chi connectivity index (χ0) is 12.5. The van der Waals surface area contributed by atoms with Crippen molar-refractivity contribution < 1.29 is 4.74 Å². The zero-order valence-electron chi connectivity index (χ0n) is 10.0. The molecule has 1 aromatic carbocycles. The van der Waals surface area contributed by atoms with Crippen LogP contribution in [0.4, 0.5) is 0 Å². The maximum Gasteiger partial charge on any atom is 0.119 e. The van der Waals surface area contributed by atoms with Crippen LogP contribution in [0.25, 0.3) is 0 Å². The largest absolute Gasteiger partial charge is 0.489 e. The van der Waals surface area contributed by atoms with E-state index >= 15 is 0 Å². The molecule has 0 aromatic heterocycles. The van der Waals surface area contributed by atoms with Gasteiger partial charge in [0, 0.05) is 4.47 Å². The zero-order valence-corrected chi connectivity index (χ0v) is 11.6. The number of hydrogen-bond acceptors (Lipinski definition) is 1. The van der Waals surface area contributed by atoms with E-state index in [1.807, 2.05) is 43.3 Å². The molecular weight excluding hydrogens is 276 g/mol. The van der Waals surface area contributed by atoms with Crippen LogP contribution in [0, 0.1) is 0 Å². The normalized spacial score (nSPS) is 11.8. The van der Waals surface area contributed by atoms with Gasteiger partial charge in [-0.1, -0.05) is 46.8 Å². The molecule has 0 atom stereocenters. The quantitative estimate of drug-likeness (QED) is 0.535. The summed E-state index contributed by atoms with van der Waals surface area (Å²) in [6.45, 7) is 6.36. The van der Waals surface area contributed by atoms with Crippen molar-refractivity contribution >= 4 is 15.9 Å². The Hall–Kier alpha value is -1.28. The molecule has 0 radical (unpaired) electrons. The number of allylic oxidation sites excluding steroid dienone is 3. The first kappa shape index (κ1) is 13.8. The Morgan fingerprint density at radius 2 is 2.06 bits per heavy atom. The van der Waals surface area contributed by atoms with Gasteiger partial charge in [0.05, 0.1) is 0 Å². The van der Waals surface area contributed by atoms with Crippen LogP contribution >= 0.6 is 15.9 Å². The highest BCUT2D eigenvalue weighted by Gasteiger charge is 1.95. The van der Waals surface area contributed by atoms with Gasteiger partial charge in [-0.15, -0.1) is 0 Å². The van der Waals surface area contributed by atoms with Gasteiger partial charge in [-0.25, -0.2) is 0 Å². The van der Waals surface area contributed by atoms with Gasteiger partial charge in [-0.05, 0) is 43.2 Å². The molecule has 1 nitrogen and oxygen atoms in total. The summed E-state index contributed by atoms with van der Waals surface area (Å²) in [5.41, 5.74) is 1.10. The van der Waals surface area contributed by atoms with Crippen molar-refractivity contribution in [3.8, 4) is 5.75 Å². The van der Waals surface area contributed by atoms with Crippen molar-refractivity contribution in [2.75, 3.05) is 6.61 Å². The predicted molar refractivity (Wildman–Crippen MR) is 77.3 cm³/mol. The van der Waals surface area contributed by atoms with Crippen LogP contribution in [0.15, 0.2) is 65.2 Å². The molecule has 0 N–H and O–H groups in total. The molecule has 90 valence electrons. The van der Waals surface area contributed by atoms with E-state index in [1.165, 1.54) is 0 Å². The summed E-state index contributed by atoms with van der Waals surface area (Å²) < 4.78 is 6.71. The molecule has 0 fully saturated rings. The van der Waals surface area contributed by atoms with E-state index in [0.29, 0.717) is 6.61 Å². The highest BCUT2D eigenvalue weighted by Crippen LogP contribution is 2.16. The molecule has 0 saturated heterocycles. The minimum absolute atomic E-state index is 0.558. The Kier molecular flexibility index (Phi) is 6.41. The lowest BCUT2D eigenvalue weighted by molar-refractivity contribution is 0.355. The lowest BCUT2D eigenvalue weighted by Crippen LogP contribution is -1.99. The molecule has 0 aliphatic heterocycles. The molecule has 1 rings (SSSR count). The van der Waals surface area contributed by atoms with E-state index in [-0.39, 0.29) is 0 Å². The van der Waals surface area contributed by atoms with Crippen LogP contribution in [0.2, 0.25) is 0 Å². The minimum Gasteiger partial charge on any atom is -0.489 e. The summed E-state index contributed by atoms with van der Waals surface area (Å²) in [5.74, 6) is 0.868. The molecule has 1 aromatic rings. The Bertz CT molecular complexity index is 401. The third-order valence-corrected chi connectivity index (χ3v) is 2.76. The van der Waals surface area contributed by atoms with Gasteiger partial charge in [0.25, 0.3) is 0 Å². The van der Waals surface area contributed by atoms with Crippen LogP contribution in [0.3, 0.4) is 0 Å². The van der Waals surface area contributed by atoms with Crippen molar-refractivity contribution in [1.82, 2.24) is 0 Å². The summed E-state index contributed by atoms with van der Waals surface area (Å²) >= 11 is 3.39. The average molecular weight is 293 g/mol. The molecule has 0 bridgehead atoms. The van der Waals surface area contributed by atoms with Crippen LogP contribution in [0.1, 0.15) is 13.3 Å². The first-order valence-electron chi connectivity index (χ1n) is 5.57. The number of halogens is 1. The number of hydrogen-bond donors (Lipinski definition) is 0. The van der Waals surface area contributed by atoms with Crippen LogP contribution in [-0.4, -0.2) is 6.61 Å². The fourth-order valence-corrected chi connectivity index (χ4v) is 1.52. The molecule has 0 unspecified atom stereocenters. The number of ether oxygens (including phenoxy) is 1. The minimum atomic E-state index is 0.558. The van der Waals surface area contributed by atoms with Crippen molar-refractivity contribution in [3.63, 3.8) is 0 Å². The summed E-state index contributed by atoms with van der Waals surface area (Å²) in [7, 11) is 0. The maximum absolute atomic E-state index is 5.66. The van der Waals surface area contributed by atoms with Crippen molar-refractivity contribution in [3.05, 3.63) is 65.2 Å². The second kappa shape index (κ2) is 7.91. The molecular formula is C15H17BrO. The van der Waals surface area contributed by atoms with Crippen LogP contribution < -0.4 is 4.74 Å². The fraction of sp³-hybridized carbons (Fsp3) is 0.200. The van der Waals surface area contributed by atoms with Gasteiger partial charge in [0.15, 0.2) is 0 Å². The van der Waals surface area contributed by atoms with Crippen LogP contribution in [0.5, 0.6) is 5.75 Å². The SMILES string of the molecule is C=C/C(=C\C/C=C\C)COc1ccc(Br)cc1. The van der Waals surface area contributed by atoms with E-state index in [1.54, 1.807) is 0 Å². The second-order valence-corrected chi connectivity index (χ2v) is 4.45. The lowest BCUT2D eigenvalue weighted by Gasteiger charge is -2.06. The molecule has 0 spiro atoms. The first-order valence-corrected chi connectivity index (χ1v) is 6.36. The molecule has 2 heteroatoms. The van der Waals surface area contributed by atoms with Gasteiger partial charge in [-0.3, -0.25) is 0 Å². The average Bonchev–Trinajstić information content (AvgIpc) is 2.35. The van der Waals surface area contributed by atoms with Crippen molar-refractivity contribution in [2.45, 2.75) is 13.3 Å². The summed E-state index contributed by atoms with van der Waals surface area (Å²) in [4.78, 5) is 0. The monoisotopic (exact) mass is 292 g/mol. The van der Waals surface area contributed by atoms with Gasteiger partial charge in [0.1, 0.15) is 12.4 Å². The van der Waals surface area contributed by atoms with Gasteiger partial charge >= 0.3 is 0 Å². The van der Waals surface area contributed by atoms with E-state index < -0.39 is 0 Å². The second-order valence-electron chi connectivity index (χ2n) is 3.53. The standard InChI is InChI=1S/C15H17BrO/c1-3-5-6-7-13(4-2)12-17-15-10-8-14(16)9-11-15/h3-5,7-11H,2,6,12H2,1H3/b5-3-,13-7+. The Balaban J connectivity index is 2.50. The van der Waals surface area contributed by atoms with Crippen LogP contribution in [-0.2, 0) is 0 Å². The smallest absolute Gasteiger partial charge is 0.119 e. The fourth-order valence-electron chi connectivity index (χ4n) is 1.25. The Morgan fingerprint density at radius 1 is 1.35 bits per heavy atom. The summed E-state index contributed by atoms with van der Waals surface area (Å²) in [5, 5.41) is 0. The van der Waals surface area contributed by atoms with Crippen molar-refractivity contribution in [1.29, 1.82) is 0 Å². The summed E-state index contributed by atoms with van der Waals surface area (Å²) in [6.07, 6.45) is 9.01. The first-order chi connectivity index (χ1) is 8.26. The third-order valence-electron chi connectivity index (χ3n) is 2.23. The van der Waals surface area contributed by atoms with E-state index in [0.717, 1.165) is 22.2 Å². The molecule has 0 amide bonds. The van der Waals surface area contributed by atoms with E-state index in [9.17, 15) is 0 Å². The predicted octanol–water partition coefficient (Wildman–Crippen LogP) is 4.91. The topological polar surface area (TPSA) is 9.23 Å². The van der Waals surface area contributed by atoms with E-state index in [4.69, 9.17) is 4.74 Å². The molecule has 17 heavy (non-hydrogen) atoms. The third kappa shape index (κ3) is 5.55. The Morgan fingerprint density at radius 3 is 2.65 bits per heavy atom. The highest BCUT2D eigenvalue weighted by atomic mass is 79.9. The molecule has 0 saturated carbocycles. The lowest BCUT2D eigenvalue weighted by atomic mass is 10.2. The number of benzene rings is 1. The van der Waals surface area contributed by atoms with Crippen molar-refractivity contribution in [2.24, 2.45) is 0 Å². The highest BCUT2D eigenvalue weighted by molar-refractivity contribution is 9.10. The van der Waals surface area contributed by atoms with Gasteiger partial charge in [-0.2, -0.15) is 0 Å².